The number of rotatable bonds is 6. The number of ether oxygens (including phenoxy) is 1. The van der Waals surface area contributed by atoms with Crippen molar-refractivity contribution in [3.8, 4) is 0 Å². The van der Waals surface area contributed by atoms with Crippen LogP contribution in [0.2, 0.25) is 0 Å². The van der Waals surface area contributed by atoms with Gasteiger partial charge < -0.3 is 25.4 Å². The molecule has 0 atom stereocenters. The van der Waals surface area contributed by atoms with E-state index in [1.165, 1.54) is 0 Å². The number of aromatic nitrogens is 2. The number of nitrogens with zero attached hydrogens (tertiary/aromatic N) is 4. The van der Waals surface area contributed by atoms with E-state index in [0.717, 1.165) is 55.7 Å². The molecule has 1 saturated heterocycles. The van der Waals surface area contributed by atoms with Gasteiger partial charge >= 0.3 is 0 Å². The summed E-state index contributed by atoms with van der Waals surface area (Å²) in [6.45, 7) is 5.41. The minimum absolute atomic E-state index is 0.0614. The van der Waals surface area contributed by atoms with Gasteiger partial charge in [0.1, 0.15) is 11.9 Å². The highest BCUT2D eigenvalue weighted by Crippen LogP contribution is 2.29. The van der Waals surface area contributed by atoms with Crippen LogP contribution in [0.1, 0.15) is 37.1 Å². The smallest absolute Gasteiger partial charge is 0.257 e. The number of hydrogen-bond donors (Lipinski definition) is 2. The van der Waals surface area contributed by atoms with Crippen molar-refractivity contribution in [3.63, 3.8) is 0 Å². The van der Waals surface area contributed by atoms with Crippen molar-refractivity contribution in [1.82, 2.24) is 19.8 Å². The fourth-order valence-electron chi connectivity index (χ4n) is 4.28. The van der Waals surface area contributed by atoms with Crippen LogP contribution in [0.5, 0.6) is 0 Å². The maximum atomic E-state index is 13.3. The minimum atomic E-state index is -0.0614. The van der Waals surface area contributed by atoms with Crippen molar-refractivity contribution < 1.29 is 14.6 Å². The largest absolute Gasteiger partial charge is 0.494 e. The van der Waals surface area contributed by atoms with Crippen molar-refractivity contribution in [2.45, 2.75) is 38.7 Å². The maximum Gasteiger partial charge on any atom is 0.257 e. The van der Waals surface area contributed by atoms with Crippen LogP contribution in [-0.4, -0.2) is 76.2 Å². The summed E-state index contributed by atoms with van der Waals surface area (Å²) >= 11 is 0. The van der Waals surface area contributed by atoms with E-state index in [2.05, 4.69) is 14.9 Å². The monoisotopic (exact) mass is 425 g/mol. The third kappa shape index (κ3) is 4.97. The lowest BCUT2D eigenvalue weighted by Gasteiger charge is -2.33. The molecule has 31 heavy (non-hydrogen) atoms. The van der Waals surface area contributed by atoms with Gasteiger partial charge in [0.25, 0.3) is 5.91 Å². The topological polar surface area (TPSA) is 105 Å². The van der Waals surface area contributed by atoms with Gasteiger partial charge in [-0.2, -0.15) is 0 Å². The lowest BCUT2D eigenvalue weighted by molar-refractivity contribution is -0.125. The Kier molecular flexibility index (Phi) is 6.67. The molecule has 3 N–H and O–H groups in total. The standard InChI is InChI=1S/C23H31N5O3/c1-16-12-25-22(26-13-16)19-14-28(15-20(19)24)23(30)18-4-2-3-5-21(18)31-17-6-8-27(9-7-17)10-11-29/h2,4,12-13,17,29H,3,5-11,14-15,24H2,1H3. The quantitative estimate of drug-likeness (QED) is 0.709. The Morgan fingerprint density at radius 1 is 1.26 bits per heavy atom. The lowest BCUT2D eigenvalue weighted by Crippen LogP contribution is -2.39. The molecule has 0 radical (unpaired) electrons. The van der Waals surface area contributed by atoms with Crippen LogP contribution < -0.4 is 5.73 Å². The number of β-amino-alcohol motifs (C(OH)–C–C–N with tert-alkyl or cyclic N) is 1. The summed E-state index contributed by atoms with van der Waals surface area (Å²) in [5, 5.41) is 9.12. The van der Waals surface area contributed by atoms with Gasteiger partial charge in [0, 0.05) is 49.7 Å². The third-order valence-electron chi connectivity index (χ3n) is 6.05. The number of allylic oxidation sites excluding steroid dienone is 2. The second-order valence-electron chi connectivity index (χ2n) is 8.41. The first-order valence-electron chi connectivity index (χ1n) is 11.0. The number of carbonyl (C=O) groups is 1. The highest BCUT2D eigenvalue weighted by molar-refractivity contribution is 5.98. The Bertz CT molecular complexity index is 898. The van der Waals surface area contributed by atoms with Crippen LogP contribution in [0.15, 0.2) is 41.6 Å². The number of piperidine rings is 1. The molecule has 2 aliphatic heterocycles. The normalized spacial score (nSPS) is 20.6. The zero-order valence-corrected chi connectivity index (χ0v) is 18.1. The first-order valence-corrected chi connectivity index (χ1v) is 11.0. The van der Waals surface area contributed by atoms with Crippen LogP contribution in [0.3, 0.4) is 0 Å². The molecule has 1 fully saturated rings. The highest BCUT2D eigenvalue weighted by Gasteiger charge is 2.31. The summed E-state index contributed by atoms with van der Waals surface area (Å²) < 4.78 is 6.33. The summed E-state index contributed by atoms with van der Waals surface area (Å²) in [7, 11) is 0. The van der Waals surface area contributed by atoms with Gasteiger partial charge in [0.15, 0.2) is 5.82 Å². The molecule has 0 unspecified atom stereocenters. The van der Waals surface area contributed by atoms with Crippen molar-refractivity contribution in [2.75, 3.05) is 39.3 Å². The van der Waals surface area contributed by atoms with Crippen LogP contribution in [0.4, 0.5) is 0 Å². The molecular formula is C23H31N5O3. The number of nitrogens with two attached hydrogens (primary N) is 1. The van der Waals surface area contributed by atoms with Crippen LogP contribution in [0, 0.1) is 6.92 Å². The lowest BCUT2D eigenvalue weighted by atomic mass is 10.0. The van der Waals surface area contributed by atoms with Gasteiger partial charge in [-0.15, -0.1) is 0 Å². The fraction of sp³-hybridized carbons (Fsp3) is 0.522. The van der Waals surface area contributed by atoms with E-state index < -0.39 is 0 Å². The van der Waals surface area contributed by atoms with Crippen molar-refractivity contribution in [1.29, 1.82) is 0 Å². The van der Waals surface area contributed by atoms with Crippen molar-refractivity contribution in [2.24, 2.45) is 5.73 Å². The summed E-state index contributed by atoms with van der Waals surface area (Å²) in [6.07, 6.45) is 11.0. The number of aliphatic hydroxyl groups is 1. The summed E-state index contributed by atoms with van der Waals surface area (Å²) in [5.41, 5.74) is 9.30. The molecular weight excluding hydrogens is 394 g/mol. The van der Waals surface area contributed by atoms with E-state index in [-0.39, 0.29) is 18.6 Å². The molecule has 1 aliphatic carbocycles. The Morgan fingerprint density at radius 2 is 2.00 bits per heavy atom. The van der Waals surface area contributed by atoms with Gasteiger partial charge in [0.05, 0.1) is 25.3 Å². The zero-order chi connectivity index (χ0) is 21.8. The number of likely N-dealkylation sites (tertiary alicyclic amines) is 1. The Labute approximate surface area is 183 Å². The molecule has 3 heterocycles. The molecule has 0 aromatic carbocycles. The molecule has 4 rings (SSSR count). The number of amides is 1. The molecule has 1 amide bonds. The van der Waals surface area contributed by atoms with Crippen molar-refractivity contribution in [3.05, 3.63) is 53.0 Å². The summed E-state index contributed by atoms with van der Waals surface area (Å²) in [5.74, 6) is 1.30. The Hall–Kier alpha value is -2.71. The van der Waals surface area contributed by atoms with Gasteiger partial charge in [-0.05, 0) is 31.7 Å². The third-order valence-corrected chi connectivity index (χ3v) is 6.05. The highest BCUT2D eigenvalue weighted by atomic mass is 16.5. The number of hydrogen-bond acceptors (Lipinski definition) is 7. The van der Waals surface area contributed by atoms with Gasteiger partial charge in [0.2, 0.25) is 0 Å². The van der Waals surface area contributed by atoms with Gasteiger partial charge in [-0.3, -0.25) is 4.79 Å². The zero-order valence-electron chi connectivity index (χ0n) is 18.1. The fourth-order valence-corrected chi connectivity index (χ4v) is 4.28. The number of aryl methyl sites for hydroxylation is 1. The first-order chi connectivity index (χ1) is 15.0. The molecule has 8 nitrogen and oxygen atoms in total. The maximum absolute atomic E-state index is 13.3. The number of aliphatic hydroxyl groups excluding tert-OH is 1. The molecule has 166 valence electrons. The minimum Gasteiger partial charge on any atom is -0.494 e. The molecule has 0 spiro atoms. The molecule has 3 aliphatic rings. The van der Waals surface area contributed by atoms with E-state index in [0.29, 0.717) is 36.7 Å². The van der Waals surface area contributed by atoms with Crippen molar-refractivity contribution >= 4 is 11.5 Å². The predicted octanol–water partition coefficient (Wildman–Crippen LogP) is 1.37. The van der Waals surface area contributed by atoms with Crippen LogP contribution in [0.25, 0.3) is 5.57 Å². The summed E-state index contributed by atoms with van der Waals surface area (Å²) in [4.78, 5) is 26.1. The van der Waals surface area contributed by atoms with E-state index >= 15 is 0 Å². The van der Waals surface area contributed by atoms with E-state index in [4.69, 9.17) is 15.6 Å². The predicted molar refractivity (Wildman–Crippen MR) is 117 cm³/mol. The molecule has 0 saturated carbocycles. The summed E-state index contributed by atoms with van der Waals surface area (Å²) in [6, 6.07) is 0. The van der Waals surface area contributed by atoms with Gasteiger partial charge in [-0.25, -0.2) is 9.97 Å². The Balaban J connectivity index is 1.43. The van der Waals surface area contributed by atoms with Crippen LogP contribution >= 0.6 is 0 Å². The average Bonchev–Trinajstić information content (AvgIpc) is 3.17. The average molecular weight is 426 g/mol. The van der Waals surface area contributed by atoms with E-state index in [1.807, 2.05) is 19.1 Å². The Morgan fingerprint density at radius 3 is 2.71 bits per heavy atom. The van der Waals surface area contributed by atoms with E-state index in [1.54, 1.807) is 17.3 Å². The molecule has 1 aromatic rings. The molecule has 1 aromatic heterocycles. The van der Waals surface area contributed by atoms with Gasteiger partial charge in [-0.1, -0.05) is 12.2 Å². The first kappa shape index (κ1) is 21.5. The second-order valence-corrected chi connectivity index (χ2v) is 8.41. The van der Waals surface area contributed by atoms with E-state index in [9.17, 15) is 4.79 Å². The SMILES string of the molecule is Cc1cnc(C2=C(N)CN(C(=O)C3=C(OC4CCN(CCO)CC4)CCC=C3)C2)nc1. The number of carbonyl (C=O) groups excluding carboxylic acids is 1. The van der Waals surface area contributed by atoms with Crippen LogP contribution in [-0.2, 0) is 9.53 Å². The second kappa shape index (κ2) is 9.62. The molecule has 0 bridgehead atoms. The molecule has 8 heteroatoms.